The fraction of sp³-hybridized carbons (Fsp3) is 1.00. The summed E-state index contributed by atoms with van der Waals surface area (Å²) < 4.78 is 89.4. The van der Waals surface area contributed by atoms with E-state index >= 15 is 0 Å². The summed E-state index contributed by atoms with van der Waals surface area (Å²) in [4.78, 5) is 0. The topological polar surface area (TPSA) is 34.1 Å². The Kier molecular flexibility index (Phi) is 3.15. The average Bonchev–Trinajstić information content (AvgIpc) is 1.81. The van der Waals surface area contributed by atoms with Crippen LogP contribution in [0.3, 0.4) is 0 Å². The molecule has 0 aromatic carbocycles. The van der Waals surface area contributed by atoms with Gasteiger partial charge in [0, 0.05) is 10.7 Å². The molecule has 0 radical (unpaired) electrons. The zero-order valence-electron chi connectivity index (χ0n) is 5.45. The molecule has 0 fully saturated rings. The lowest BCUT2D eigenvalue weighted by Gasteiger charge is -2.19. The second-order valence-electron chi connectivity index (χ2n) is 1.90. The van der Waals surface area contributed by atoms with E-state index in [1.807, 2.05) is 0 Å². The van der Waals surface area contributed by atoms with Crippen molar-refractivity contribution in [3.8, 4) is 0 Å². The van der Waals surface area contributed by atoms with Crippen LogP contribution < -0.4 is 0 Å². The second-order valence-corrected chi connectivity index (χ2v) is 4.54. The van der Waals surface area contributed by atoms with E-state index < -0.39 is 26.7 Å². The molecule has 10 heteroatoms. The predicted molar refractivity (Wildman–Crippen MR) is 30.7 cm³/mol. The van der Waals surface area contributed by atoms with E-state index in [0.29, 0.717) is 0 Å². The molecule has 2 nitrogen and oxygen atoms in total. The van der Waals surface area contributed by atoms with Crippen molar-refractivity contribution >= 4 is 19.7 Å². The van der Waals surface area contributed by atoms with E-state index in [9.17, 15) is 34.8 Å². The predicted octanol–water partition coefficient (Wildman–Crippen LogP) is 2.05. The molecule has 13 heavy (non-hydrogen) atoms. The van der Waals surface area contributed by atoms with Gasteiger partial charge in [-0.2, -0.15) is 22.0 Å². The highest BCUT2D eigenvalue weighted by molar-refractivity contribution is 8.14. The molecule has 0 heterocycles. The zero-order valence-corrected chi connectivity index (χ0v) is 7.02. The van der Waals surface area contributed by atoms with Crippen molar-refractivity contribution in [1.29, 1.82) is 0 Å². The summed E-state index contributed by atoms with van der Waals surface area (Å²) in [6, 6.07) is 0. The van der Waals surface area contributed by atoms with Crippen LogP contribution in [0.1, 0.15) is 0 Å². The van der Waals surface area contributed by atoms with Crippen LogP contribution in [0.4, 0.5) is 26.3 Å². The van der Waals surface area contributed by atoms with Crippen molar-refractivity contribution in [1.82, 2.24) is 0 Å². The first-order valence-electron chi connectivity index (χ1n) is 2.43. The molecule has 1 unspecified atom stereocenters. The van der Waals surface area contributed by atoms with Crippen LogP contribution in [0.25, 0.3) is 0 Å². The van der Waals surface area contributed by atoms with Gasteiger partial charge in [0.05, 0.1) is 0 Å². The van der Waals surface area contributed by atoms with E-state index in [1.54, 1.807) is 0 Å². The molecule has 80 valence electrons. The molecule has 0 aromatic rings. The Labute approximate surface area is 72.9 Å². The number of rotatable bonds is 2. The van der Waals surface area contributed by atoms with Crippen molar-refractivity contribution in [2.75, 3.05) is 0 Å². The lowest BCUT2D eigenvalue weighted by molar-refractivity contribution is -0.221. The number of hydrogen-bond acceptors (Lipinski definition) is 2. The molecule has 0 aliphatic carbocycles. The third kappa shape index (κ3) is 2.63. The summed E-state index contributed by atoms with van der Waals surface area (Å²) in [5.41, 5.74) is 0. The SMILES string of the molecule is O=S(=O)(Cl)C(F)(F)C(F)C(F)(F)F. The number of hydrogen-bond donors (Lipinski definition) is 0. The smallest absolute Gasteiger partial charge is 0.229 e. The zero-order chi connectivity index (χ0) is 11.1. The van der Waals surface area contributed by atoms with Gasteiger partial charge < -0.3 is 0 Å². The molecule has 0 N–H and O–H groups in total. The molecule has 0 rings (SSSR count). The molecule has 0 amide bonds. The Morgan fingerprint density at radius 1 is 1.08 bits per heavy atom. The molecule has 1 atom stereocenters. The molecule has 0 bridgehead atoms. The largest absolute Gasteiger partial charge is 0.426 e. The Bertz CT molecular complexity index is 281. The van der Waals surface area contributed by atoms with Crippen molar-refractivity contribution < 1.29 is 34.8 Å². The van der Waals surface area contributed by atoms with Gasteiger partial charge in [0.25, 0.3) is 6.17 Å². The van der Waals surface area contributed by atoms with Gasteiger partial charge in [0.2, 0.25) is 0 Å². The van der Waals surface area contributed by atoms with Gasteiger partial charge in [-0.05, 0) is 0 Å². The molecule has 0 spiro atoms. The van der Waals surface area contributed by atoms with Crippen LogP contribution in [0.2, 0.25) is 0 Å². The molecule has 0 aliphatic rings. The standard InChI is InChI=1S/C3HClF6O2S/c4-13(11,12)3(9,10)1(5)2(6,7)8/h1H. The van der Waals surface area contributed by atoms with Crippen molar-refractivity contribution in [2.24, 2.45) is 0 Å². The Balaban J connectivity index is 5.09. The van der Waals surface area contributed by atoms with Gasteiger partial charge in [-0.1, -0.05) is 0 Å². The Hall–Kier alpha value is -0.180. The maximum Gasteiger partial charge on any atom is 0.426 e. The van der Waals surface area contributed by atoms with Gasteiger partial charge in [-0.15, -0.1) is 0 Å². The van der Waals surface area contributed by atoms with E-state index in [4.69, 9.17) is 0 Å². The van der Waals surface area contributed by atoms with Crippen LogP contribution in [0.15, 0.2) is 0 Å². The normalized spacial score (nSPS) is 17.2. The quantitative estimate of drug-likeness (QED) is 0.555. The van der Waals surface area contributed by atoms with Crippen LogP contribution in [0, 0.1) is 0 Å². The minimum atomic E-state index is -5.98. The summed E-state index contributed by atoms with van der Waals surface area (Å²) in [6.07, 6.45) is -10.8. The fourth-order valence-corrected chi connectivity index (χ4v) is 0.930. The summed E-state index contributed by atoms with van der Waals surface area (Å²) in [7, 11) is -2.03. The molecule has 0 aliphatic heterocycles. The molecule has 0 aromatic heterocycles. The number of halogens is 7. The summed E-state index contributed by atoms with van der Waals surface area (Å²) in [6.45, 7) is 0. The minimum Gasteiger partial charge on any atom is -0.229 e. The van der Waals surface area contributed by atoms with E-state index in [1.165, 1.54) is 0 Å². The molecule has 0 saturated heterocycles. The Morgan fingerprint density at radius 2 is 1.38 bits per heavy atom. The molecule has 0 saturated carbocycles. The first kappa shape index (κ1) is 12.8. The second kappa shape index (κ2) is 3.19. The van der Waals surface area contributed by atoms with Crippen molar-refractivity contribution in [2.45, 2.75) is 17.6 Å². The lowest BCUT2D eigenvalue weighted by atomic mass is 10.4. The van der Waals surface area contributed by atoms with Gasteiger partial charge >= 0.3 is 20.5 Å². The highest BCUT2D eigenvalue weighted by Gasteiger charge is 2.64. The Morgan fingerprint density at radius 3 is 1.46 bits per heavy atom. The van der Waals surface area contributed by atoms with E-state index in [-0.39, 0.29) is 0 Å². The monoisotopic (exact) mass is 250 g/mol. The molecular weight excluding hydrogens is 250 g/mol. The highest BCUT2D eigenvalue weighted by Crippen LogP contribution is 2.39. The maximum atomic E-state index is 12.0. The van der Waals surface area contributed by atoms with Crippen LogP contribution in [-0.2, 0) is 9.05 Å². The summed E-state index contributed by atoms with van der Waals surface area (Å²) in [5, 5.41) is -5.67. The molecular formula is C3HClF6O2S. The lowest BCUT2D eigenvalue weighted by Crippen LogP contribution is -2.45. The van der Waals surface area contributed by atoms with E-state index in [0.717, 1.165) is 0 Å². The van der Waals surface area contributed by atoms with Gasteiger partial charge in [-0.25, -0.2) is 12.8 Å². The summed E-state index contributed by atoms with van der Waals surface area (Å²) in [5.74, 6) is 0. The first-order valence-corrected chi connectivity index (χ1v) is 4.74. The van der Waals surface area contributed by atoms with Crippen LogP contribution in [-0.4, -0.2) is 26.0 Å². The first-order chi connectivity index (χ1) is 5.40. The average molecular weight is 251 g/mol. The van der Waals surface area contributed by atoms with E-state index in [2.05, 4.69) is 10.7 Å². The fourth-order valence-electron chi connectivity index (χ4n) is 0.314. The minimum absolute atomic E-state index is 3.91. The van der Waals surface area contributed by atoms with Gasteiger partial charge in [0.1, 0.15) is 0 Å². The van der Waals surface area contributed by atoms with Crippen molar-refractivity contribution in [3.05, 3.63) is 0 Å². The third-order valence-electron chi connectivity index (χ3n) is 0.908. The van der Waals surface area contributed by atoms with Gasteiger partial charge in [-0.3, -0.25) is 0 Å². The number of alkyl halides is 6. The summed E-state index contributed by atoms with van der Waals surface area (Å²) >= 11 is 0. The highest BCUT2D eigenvalue weighted by atomic mass is 35.7. The van der Waals surface area contributed by atoms with Crippen molar-refractivity contribution in [3.63, 3.8) is 0 Å². The van der Waals surface area contributed by atoms with Crippen LogP contribution in [0.5, 0.6) is 0 Å². The third-order valence-corrected chi connectivity index (χ3v) is 2.38. The van der Waals surface area contributed by atoms with Gasteiger partial charge in [0.15, 0.2) is 0 Å². The van der Waals surface area contributed by atoms with Crippen LogP contribution >= 0.6 is 10.7 Å². The maximum absolute atomic E-state index is 12.0.